The molecule has 0 atom stereocenters. The fraction of sp³-hybridized carbons (Fsp3) is 0.533. The van der Waals surface area contributed by atoms with Gasteiger partial charge in [-0.1, -0.05) is 12.1 Å². The van der Waals surface area contributed by atoms with E-state index < -0.39 is 17.9 Å². The summed E-state index contributed by atoms with van der Waals surface area (Å²) in [6, 6.07) is 0.354. The summed E-state index contributed by atoms with van der Waals surface area (Å²) in [6.07, 6.45) is -3.97. The van der Waals surface area contributed by atoms with Gasteiger partial charge < -0.3 is 14.7 Å². The molecule has 2 heterocycles. The molecule has 0 saturated carbocycles. The van der Waals surface area contributed by atoms with Crippen molar-refractivity contribution in [1.82, 2.24) is 30.3 Å². The van der Waals surface area contributed by atoms with Crippen molar-refractivity contribution in [3.8, 4) is 0 Å². The summed E-state index contributed by atoms with van der Waals surface area (Å²) in [5.74, 6) is 0.696. The second-order valence-corrected chi connectivity index (χ2v) is 5.44. The van der Waals surface area contributed by atoms with E-state index in [0.717, 1.165) is 6.07 Å². The molecule has 0 radical (unpaired) electrons. The zero-order chi connectivity index (χ0) is 19.3. The number of rotatable bonds is 6. The van der Waals surface area contributed by atoms with Gasteiger partial charge in [-0.3, -0.25) is 0 Å². The van der Waals surface area contributed by atoms with E-state index in [-0.39, 0.29) is 30.5 Å². The van der Waals surface area contributed by atoms with Crippen LogP contribution in [0.3, 0.4) is 0 Å². The van der Waals surface area contributed by atoms with E-state index in [9.17, 15) is 18.0 Å². The molecule has 11 heteroatoms. The molecule has 2 aromatic rings. The third-order valence-corrected chi connectivity index (χ3v) is 3.41. The van der Waals surface area contributed by atoms with Gasteiger partial charge in [0.15, 0.2) is 5.82 Å². The number of halogens is 3. The van der Waals surface area contributed by atoms with Gasteiger partial charge in [0.05, 0.1) is 6.54 Å². The third kappa shape index (κ3) is 5.14. The van der Waals surface area contributed by atoms with E-state index in [1.807, 2.05) is 6.92 Å². The molecular formula is C15H19F3N6O2. The molecule has 0 fully saturated rings. The van der Waals surface area contributed by atoms with E-state index in [1.54, 1.807) is 6.92 Å². The highest BCUT2D eigenvalue weighted by molar-refractivity contribution is 5.73. The smallest absolute Gasteiger partial charge is 0.337 e. The SMILES string of the molecule is CCc1noc(CN(CC)C(=O)NCc2nc(C)cc(C(F)(F)F)n2)n1. The summed E-state index contributed by atoms with van der Waals surface area (Å²) >= 11 is 0. The van der Waals surface area contributed by atoms with Crippen LogP contribution in [0.15, 0.2) is 10.6 Å². The second kappa shape index (κ2) is 8.11. The third-order valence-electron chi connectivity index (χ3n) is 3.41. The lowest BCUT2D eigenvalue weighted by atomic mass is 10.3. The molecule has 2 rings (SSSR count). The fourth-order valence-corrected chi connectivity index (χ4v) is 2.11. The molecule has 0 spiro atoms. The van der Waals surface area contributed by atoms with Gasteiger partial charge in [-0.25, -0.2) is 14.8 Å². The van der Waals surface area contributed by atoms with Gasteiger partial charge >= 0.3 is 12.2 Å². The monoisotopic (exact) mass is 372 g/mol. The molecule has 2 amide bonds. The van der Waals surface area contributed by atoms with Crippen molar-refractivity contribution in [2.24, 2.45) is 0 Å². The molecule has 1 N–H and O–H groups in total. The summed E-state index contributed by atoms with van der Waals surface area (Å²) in [5, 5.41) is 6.25. The maximum atomic E-state index is 12.8. The maximum Gasteiger partial charge on any atom is 0.433 e. The molecule has 0 aromatic carbocycles. The second-order valence-electron chi connectivity index (χ2n) is 5.44. The summed E-state index contributed by atoms with van der Waals surface area (Å²) in [4.78, 5) is 25.1. The van der Waals surface area contributed by atoms with Crippen LogP contribution in [0.25, 0.3) is 0 Å². The predicted molar refractivity (Wildman–Crippen MR) is 83.8 cm³/mol. The van der Waals surface area contributed by atoms with E-state index in [4.69, 9.17) is 4.52 Å². The number of alkyl halides is 3. The van der Waals surface area contributed by atoms with Crippen molar-refractivity contribution in [1.29, 1.82) is 0 Å². The van der Waals surface area contributed by atoms with Crippen LogP contribution >= 0.6 is 0 Å². The van der Waals surface area contributed by atoms with Crippen molar-refractivity contribution in [2.75, 3.05) is 6.54 Å². The summed E-state index contributed by atoms with van der Waals surface area (Å²) in [5.41, 5.74) is -0.874. The van der Waals surface area contributed by atoms with E-state index in [1.165, 1.54) is 11.8 Å². The highest BCUT2D eigenvalue weighted by atomic mass is 19.4. The number of nitrogens with zero attached hydrogens (tertiary/aromatic N) is 5. The molecule has 0 aliphatic rings. The number of hydrogen-bond acceptors (Lipinski definition) is 6. The van der Waals surface area contributed by atoms with Gasteiger partial charge in [0.1, 0.15) is 18.1 Å². The molecule has 0 saturated heterocycles. The number of amides is 2. The first-order chi connectivity index (χ1) is 12.2. The summed E-state index contributed by atoms with van der Waals surface area (Å²) < 4.78 is 43.4. The topological polar surface area (TPSA) is 97.0 Å². The predicted octanol–water partition coefficient (Wildman–Crippen LogP) is 2.48. The van der Waals surface area contributed by atoms with E-state index in [0.29, 0.717) is 18.8 Å². The Morgan fingerprint density at radius 2 is 1.96 bits per heavy atom. The number of hydrogen-bond donors (Lipinski definition) is 1. The van der Waals surface area contributed by atoms with Crippen molar-refractivity contribution in [2.45, 2.75) is 46.5 Å². The molecule has 142 valence electrons. The average molecular weight is 372 g/mol. The minimum absolute atomic E-state index is 0.0950. The Bertz CT molecular complexity index is 762. The number of carbonyl (C=O) groups is 1. The molecular weight excluding hydrogens is 353 g/mol. The van der Waals surface area contributed by atoms with Gasteiger partial charge in [0.2, 0.25) is 5.89 Å². The van der Waals surface area contributed by atoms with Crippen molar-refractivity contribution < 1.29 is 22.5 Å². The number of carbonyl (C=O) groups excluding carboxylic acids is 1. The van der Waals surface area contributed by atoms with Crippen LogP contribution in [0, 0.1) is 6.92 Å². The van der Waals surface area contributed by atoms with Crippen molar-refractivity contribution in [3.63, 3.8) is 0 Å². The highest BCUT2D eigenvalue weighted by Gasteiger charge is 2.33. The Kier molecular flexibility index (Phi) is 6.11. The quantitative estimate of drug-likeness (QED) is 0.837. The lowest BCUT2D eigenvalue weighted by Gasteiger charge is -2.19. The minimum atomic E-state index is -4.57. The van der Waals surface area contributed by atoms with Crippen LogP contribution < -0.4 is 5.32 Å². The zero-order valence-electron chi connectivity index (χ0n) is 14.6. The summed E-state index contributed by atoms with van der Waals surface area (Å²) in [7, 11) is 0. The standard InChI is InChI=1S/C15H19F3N6O2/c1-4-11-22-13(26-23-11)8-24(5-2)14(25)19-7-12-20-9(3)6-10(21-12)15(16,17)18/h6H,4-5,7-8H2,1-3H3,(H,19,25). The van der Waals surface area contributed by atoms with E-state index in [2.05, 4.69) is 25.4 Å². The average Bonchev–Trinajstić information content (AvgIpc) is 3.04. The minimum Gasteiger partial charge on any atom is -0.337 e. The first kappa shape index (κ1) is 19.6. The number of aryl methyl sites for hydroxylation is 2. The molecule has 8 nitrogen and oxygen atoms in total. The molecule has 2 aromatic heterocycles. The molecule has 26 heavy (non-hydrogen) atoms. The molecule has 0 aliphatic heterocycles. The first-order valence-corrected chi connectivity index (χ1v) is 7.98. The highest BCUT2D eigenvalue weighted by Crippen LogP contribution is 2.27. The van der Waals surface area contributed by atoms with Crippen LogP contribution in [0.2, 0.25) is 0 Å². The van der Waals surface area contributed by atoms with Gasteiger partial charge in [0, 0.05) is 18.7 Å². The number of nitrogens with one attached hydrogen (secondary N) is 1. The van der Waals surface area contributed by atoms with Crippen LogP contribution in [0.4, 0.5) is 18.0 Å². The number of urea groups is 1. The molecule has 0 aliphatic carbocycles. The van der Waals surface area contributed by atoms with Gasteiger partial charge in [-0.15, -0.1) is 0 Å². The summed E-state index contributed by atoms with van der Waals surface area (Å²) in [6.45, 7) is 5.26. The van der Waals surface area contributed by atoms with Crippen LogP contribution in [-0.4, -0.2) is 37.6 Å². The van der Waals surface area contributed by atoms with Crippen molar-refractivity contribution in [3.05, 3.63) is 35.0 Å². The molecule has 0 bridgehead atoms. The van der Waals surface area contributed by atoms with Gasteiger partial charge in [-0.2, -0.15) is 18.2 Å². The zero-order valence-corrected chi connectivity index (χ0v) is 14.6. The Labute approximate surface area is 147 Å². The Balaban J connectivity index is 2.01. The maximum absolute atomic E-state index is 12.8. The van der Waals surface area contributed by atoms with Gasteiger partial charge in [-0.05, 0) is 19.9 Å². The largest absolute Gasteiger partial charge is 0.433 e. The van der Waals surface area contributed by atoms with Crippen molar-refractivity contribution >= 4 is 6.03 Å². The lowest BCUT2D eigenvalue weighted by molar-refractivity contribution is -0.141. The van der Waals surface area contributed by atoms with Crippen LogP contribution in [-0.2, 0) is 25.7 Å². The Hall–Kier alpha value is -2.72. The van der Waals surface area contributed by atoms with Crippen LogP contribution in [0.5, 0.6) is 0 Å². The molecule has 0 unspecified atom stereocenters. The normalized spacial score (nSPS) is 11.5. The lowest BCUT2D eigenvalue weighted by Crippen LogP contribution is -2.39. The number of aromatic nitrogens is 4. The van der Waals surface area contributed by atoms with Crippen LogP contribution in [0.1, 0.15) is 42.8 Å². The Morgan fingerprint density at radius 1 is 1.23 bits per heavy atom. The fourth-order valence-electron chi connectivity index (χ4n) is 2.11. The van der Waals surface area contributed by atoms with E-state index >= 15 is 0 Å². The Morgan fingerprint density at radius 3 is 2.54 bits per heavy atom. The first-order valence-electron chi connectivity index (χ1n) is 7.98. The van der Waals surface area contributed by atoms with Gasteiger partial charge in [0.25, 0.3) is 0 Å².